The number of aromatic amines is 1. The third-order valence-corrected chi connectivity index (χ3v) is 3.15. The maximum absolute atomic E-state index is 13.5. The number of hydrogen-bond acceptors (Lipinski definition) is 5. The van der Waals surface area contributed by atoms with Crippen molar-refractivity contribution < 1.29 is 4.39 Å². The van der Waals surface area contributed by atoms with Crippen LogP contribution in [0.1, 0.15) is 5.56 Å². The highest BCUT2D eigenvalue weighted by molar-refractivity contribution is 7.98. The second-order valence-electron chi connectivity index (χ2n) is 3.57. The number of nitrogens with zero attached hydrogens (tertiary/aromatic N) is 1. The molecule has 94 valence electrons. The number of aromatic nitrogens is 2. The molecule has 2 rings (SSSR count). The number of nitrogens with one attached hydrogen (secondary N) is 1. The number of rotatable bonds is 3. The molecule has 0 aliphatic rings. The molecule has 7 heteroatoms. The molecule has 0 saturated carbocycles. The van der Waals surface area contributed by atoms with Crippen LogP contribution in [0.15, 0.2) is 34.2 Å². The van der Waals surface area contributed by atoms with E-state index < -0.39 is 0 Å². The van der Waals surface area contributed by atoms with Crippen molar-refractivity contribution >= 4 is 23.3 Å². The molecule has 0 amide bonds. The number of hydrogen-bond donors (Lipinski definition) is 3. The van der Waals surface area contributed by atoms with Crippen LogP contribution in [0.5, 0.6) is 0 Å². The number of nitrogens with two attached hydrogens (primary N) is 2. The Morgan fingerprint density at radius 2 is 2.17 bits per heavy atom. The highest BCUT2D eigenvalue weighted by Crippen LogP contribution is 2.24. The van der Waals surface area contributed by atoms with Crippen LogP contribution in [-0.2, 0) is 5.75 Å². The molecule has 1 aromatic carbocycles. The van der Waals surface area contributed by atoms with Crippen molar-refractivity contribution in [2.45, 2.75) is 10.9 Å². The summed E-state index contributed by atoms with van der Waals surface area (Å²) in [7, 11) is 0. The van der Waals surface area contributed by atoms with E-state index in [1.165, 1.54) is 12.1 Å². The molecule has 1 heterocycles. The lowest BCUT2D eigenvalue weighted by Gasteiger charge is -2.06. The number of anilines is 2. The highest BCUT2D eigenvalue weighted by atomic mass is 32.2. The van der Waals surface area contributed by atoms with Crippen LogP contribution >= 0.6 is 11.8 Å². The van der Waals surface area contributed by atoms with Gasteiger partial charge in [-0.1, -0.05) is 17.8 Å². The Morgan fingerprint density at radius 1 is 1.39 bits per heavy atom. The Labute approximate surface area is 106 Å². The Balaban J connectivity index is 2.19. The summed E-state index contributed by atoms with van der Waals surface area (Å²) in [6, 6.07) is 5.68. The summed E-state index contributed by atoms with van der Waals surface area (Å²) in [5.74, 6) is 0.0155. The van der Waals surface area contributed by atoms with Crippen molar-refractivity contribution in [3.8, 4) is 0 Å². The average Bonchev–Trinajstić information content (AvgIpc) is 2.27. The van der Waals surface area contributed by atoms with Gasteiger partial charge in [-0.15, -0.1) is 0 Å². The number of halogens is 1. The molecule has 0 fully saturated rings. The molecule has 0 unspecified atom stereocenters. The second-order valence-corrected chi connectivity index (χ2v) is 4.54. The molecular formula is C11H11FN4OS. The van der Waals surface area contributed by atoms with Gasteiger partial charge in [0.05, 0.1) is 0 Å². The minimum absolute atomic E-state index is 0.128. The van der Waals surface area contributed by atoms with Crippen molar-refractivity contribution in [2.75, 3.05) is 11.5 Å². The van der Waals surface area contributed by atoms with Gasteiger partial charge in [0.15, 0.2) is 5.16 Å². The lowest BCUT2D eigenvalue weighted by atomic mass is 10.2. The molecule has 0 radical (unpaired) electrons. The van der Waals surface area contributed by atoms with Crippen LogP contribution in [0, 0.1) is 5.82 Å². The summed E-state index contributed by atoms with van der Waals surface area (Å²) < 4.78 is 13.5. The van der Waals surface area contributed by atoms with Gasteiger partial charge in [0.2, 0.25) is 0 Å². The van der Waals surface area contributed by atoms with E-state index in [0.717, 1.165) is 11.8 Å². The van der Waals surface area contributed by atoms with Crippen LogP contribution in [0.3, 0.4) is 0 Å². The normalized spacial score (nSPS) is 10.5. The number of nitrogen functional groups attached to an aromatic ring is 2. The molecule has 0 spiro atoms. The summed E-state index contributed by atoms with van der Waals surface area (Å²) in [5.41, 5.74) is 11.5. The highest BCUT2D eigenvalue weighted by Gasteiger charge is 2.08. The van der Waals surface area contributed by atoms with Gasteiger partial charge in [0.25, 0.3) is 5.56 Å². The molecule has 5 N–H and O–H groups in total. The van der Waals surface area contributed by atoms with Crippen molar-refractivity contribution in [1.29, 1.82) is 0 Å². The van der Waals surface area contributed by atoms with E-state index in [-0.39, 0.29) is 22.9 Å². The quantitative estimate of drug-likeness (QED) is 0.443. The molecular weight excluding hydrogens is 255 g/mol. The molecule has 5 nitrogen and oxygen atoms in total. The predicted octanol–water partition coefficient (Wildman–Crippen LogP) is 1.37. The Bertz CT molecular complexity index is 608. The first kappa shape index (κ1) is 12.4. The zero-order valence-electron chi connectivity index (χ0n) is 9.31. The molecule has 0 aliphatic carbocycles. The summed E-state index contributed by atoms with van der Waals surface area (Å²) in [6.07, 6.45) is 0. The fourth-order valence-corrected chi connectivity index (χ4v) is 2.32. The Kier molecular flexibility index (Phi) is 3.52. The van der Waals surface area contributed by atoms with Crippen LogP contribution in [0.4, 0.5) is 15.9 Å². The van der Waals surface area contributed by atoms with Crippen molar-refractivity contribution in [1.82, 2.24) is 9.97 Å². The third kappa shape index (κ3) is 2.80. The Morgan fingerprint density at radius 3 is 2.83 bits per heavy atom. The zero-order chi connectivity index (χ0) is 13.1. The first-order valence-corrected chi connectivity index (χ1v) is 6.07. The van der Waals surface area contributed by atoms with E-state index >= 15 is 0 Å². The molecule has 2 aromatic rings. The zero-order valence-corrected chi connectivity index (χ0v) is 10.1. The molecule has 0 bridgehead atoms. The van der Waals surface area contributed by atoms with E-state index in [1.54, 1.807) is 12.1 Å². The first-order chi connectivity index (χ1) is 8.56. The Hall–Kier alpha value is -2.02. The van der Waals surface area contributed by atoms with E-state index in [9.17, 15) is 9.18 Å². The fraction of sp³-hybridized carbons (Fsp3) is 0.0909. The summed E-state index contributed by atoms with van der Waals surface area (Å²) in [6.45, 7) is 0. The lowest BCUT2D eigenvalue weighted by molar-refractivity contribution is 0.618. The van der Waals surface area contributed by atoms with Crippen LogP contribution < -0.4 is 17.0 Å². The maximum atomic E-state index is 13.5. The fourth-order valence-electron chi connectivity index (χ4n) is 1.39. The summed E-state index contributed by atoms with van der Waals surface area (Å²) >= 11 is 1.16. The van der Waals surface area contributed by atoms with Gasteiger partial charge in [0.1, 0.15) is 11.6 Å². The van der Waals surface area contributed by atoms with Gasteiger partial charge in [-0.3, -0.25) is 4.79 Å². The number of benzene rings is 1. The van der Waals surface area contributed by atoms with E-state index in [4.69, 9.17) is 11.5 Å². The van der Waals surface area contributed by atoms with Crippen molar-refractivity contribution in [3.63, 3.8) is 0 Å². The minimum Gasteiger partial charge on any atom is -0.398 e. The standard InChI is InChI=1S/C11H11FN4OS/c12-7-2-1-3-8(13)6(7)5-18-11-15-9(14)4-10(17)16-11/h1-4H,5,13H2,(H3,14,15,16,17). The van der Waals surface area contributed by atoms with Crippen LogP contribution in [0.25, 0.3) is 0 Å². The van der Waals surface area contributed by atoms with E-state index in [2.05, 4.69) is 9.97 Å². The third-order valence-electron chi connectivity index (χ3n) is 2.25. The van der Waals surface area contributed by atoms with Crippen molar-refractivity contribution in [3.05, 3.63) is 46.0 Å². The summed E-state index contributed by atoms with van der Waals surface area (Å²) in [4.78, 5) is 17.6. The maximum Gasteiger partial charge on any atom is 0.253 e. The van der Waals surface area contributed by atoms with Gasteiger partial charge in [-0.05, 0) is 12.1 Å². The molecule has 0 aliphatic heterocycles. The predicted molar refractivity (Wildman–Crippen MR) is 69.6 cm³/mol. The minimum atomic E-state index is -0.381. The first-order valence-electron chi connectivity index (χ1n) is 5.09. The van der Waals surface area contributed by atoms with Crippen LogP contribution in [-0.4, -0.2) is 9.97 Å². The SMILES string of the molecule is Nc1cc(=O)[nH]c(SCc2c(N)cccc2F)n1. The monoisotopic (exact) mass is 266 g/mol. The topological polar surface area (TPSA) is 97.8 Å². The number of H-pyrrole nitrogens is 1. The smallest absolute Gasteiger partial charge is 0.253 e. The summed E-state index contributed by atoms with van der Waals surface area (Å²) in [5, 5.41) is 0.336. The number of thioether (sulfide) groups is 1. The molecule has 0 saturated heterocycles. The molecule has 1 aromatic heterocycles. The molecule has 18 heavy (non-hydrogen) atoms. The van der Waals surface area contributed by atoms with Crippen molar-refractivity contribution in [2.24, 2.45) is 0 Å². The van der Waals surface area contributed by atoms with Gasteiger partial charge in [-0.2, -0.15) is 0 Å². The van der Waals surface area contributed by atoms with E-state index in [1.807, 2.05) is 0 Å². The van der Waals surface area contributed by atoms with Crippen LogP contribution in [0.2, 0.25) is 0 Å². The van der Waals surface area contributed by atoms with Gasteiger partial charge in [-0.25, -0.2) is 9.37 Å². The lowest BCUT2D eigenvalue weighted by Crippen LogP contribution is -2.09. The van der Waals surface area contributed by atoms with E-state index in [0.29, 0.717) is 16.4 Å². The largest absolute Gasteiger partial charge is 0.398 e. The van der Waals surface area contributed by atoms with Gasteiger partial charge >= 0.3 is 0 Å². The molecule has 0 atom stereocenters. The van der Waals surface area contributed by atoms with Gasteiger partial charge < -0.3 is 16.5 Å². The average molecular weight is 266 g/mol. The van der Waals surface area contributed by atoms with Gasteiger partial charge in [0, 0.05) is 23.1 Å². The second kappa shape index (κ2) is 5.09.